The molecule has 2 aromatic rings. The van der Waals surface area contributed by atoms with E-state index < -0.39 is 0 Å². The number of hydrogen-bond donors (Lipinski definition) is 2. The molecule has 2 heterocycles. The van der Waals surface area contributed by atoms with Crippen LogP contribution in [0.5, 0.6) is 0 Å². The van der Waals surface area contributed by atoms with Crippen LogP contribution < -0.4 is 5.32 Å². The van der Waals surface area contributed by atoms with Gasteiger partial charge in [0, 0.05) is 17.3 Å². The van der Waals surface area contributed by atoms with Crippen LogP contribution in [0.4, 0.5) is 0 Å². The Balaban J connectivity index is 1.65. The van der Waals surface area contributed by atoms with E-state index in [-0.39, 0.29) is 5.91 Å². The Morgan fingerprint density at radius 3 is 3.24 bits per heavy atom. The van der Waals surface area contributed by atoms with Gasteiger partial charge in [0.1, 0.15) is 5.82 Å². The summed E-state index contributed by atoms with van der Waals surface area (Å²) in [6.45, 7) is 0.453. The quantitative estimate of drug-likeness (QED) is 0.870. The molecule has 0 atom stereocenters. The highest BCUT2D eigenvalue weighted by Crippen LogP contribution is 2.30. The highest BCUT2D eigenvalue weighted by Gasteiger charge is 2.18. The van der Waals surface area contributed by atoms with Gasteiger partial charge in [0.15, 0.2) is 0 Å². The van der Waals surface area contributed by atoms with Gasteiger partial charge in [0.2, 0.25) is 0 Å². The predicted molar refractivity (Wildman–Crippen MR) is 66.1 cm³/mol. The van der Waals surface area contributed by atoms with Gasteiger partial charge in [-0.1, -0.05) is 0 Å². The molecule has 4 nitrogen and oxygen atoms in total. The van der Waals surface area contributed by atoms with Crippen LogP contribution in [0.15, 0.2) is 18.5 Å². The summed E-state index contributed by atoms with van der Waals surface area (Å²) < 4.78 is 0. The number of nitrogens with zero attached hydrogens (tertiary/aromatic N) is 1. The van der Waals surface area contributed by atoms with E-state index in [1.807, 2.05) is 6.07 Å². The van der Waals surface area contributed by atoms with Crippen molar-refractivity contribution in [2.45, 2.75) is 25.8 Å². The third kappa shape index (κ3) is 2.10. The van der Waals surface area contributed by atoms with E-state index in [1.165, 1.54) is 16.9 Å². The summed E-state index contributed by atoms with van der Waals surface area (Å²) >= 11 is 1.62. The zero-order valence-corrected chi connectivity index (χ0v) is 10.1. The van der Waals surface area contributed by atoms with Gasteiger partial charge in [-0.25, -0.2) is 4.98 Å². The van der Waals surface area contributed by atoms with Gasteiger partial charge >= 0.3 is 0 Å². The van der Waals surface area contributed by atoms with Crippen LogP contribution in [-0.4, -0.2) is 15.9 Å². The number of rotatable bonds is 3. The molecule has 0 fully saturated rings. The smallest absolute Gasteiger partial charge is 0.261 e. The molecule has 0 saturated heterocycles. The average Bonchev–Trinajstić information content (AvgIpc) is 3.01. The second kappa shape index (κ2) is 4.33. The number of hydrogen-bond acceptors (Lipinski definition) is 3. The Morgan fingerprint density at radius 1 is 1.53 bits per heavy atom. The number of nitrogens with one attached hydrogen (secondary N) is 2. The van der Waals surface area contributed by atoms with Crippen molar-refractivity contribution in [3.8, 4) is 0 Å². The maximum absolute atomic E-state index is 11.9. The summed E-state index contributed by atoms with van der Waals surface area (Å²) in [7, 11) is 0. The standard InChI is InChI=1S/C12H13N3OS/c16-12(15-7-11-13-4-5-14-11)10-6-8-2-1-3-9(8)17-10/h4-6H,1-3,7H2,(H,13,14)(H,15,16). The van der Waals surface area contributed by atoms with Gasteiger partial charge in [0.25, 0.3) is 5.91 Å². The molecule has 0 aliphatic heterocycles. The molecule has 5 heteroatoms. The molecule has 0 spiro atoms. The van der Waals surface area contributed by atoms with Crippen molar-refractivity contribution in [2.24, 2.45) is 0 Å². The van der Waals surface area contributed by atoms with Gasteiger partial charge in [-0.2, -0.15) is 0 Å². The van der Waals surface area contributed by atoms with E-state index >= 15 is 0 Å². The first-order valence-electron chi connectivity index (χ1n) is 5.71. The zero-order chi connectivity index (χ0) is 11.7. The van der Waals surface area contributed by atoms with E-state index in [1.54, 1.807) is 23.7 Å². The summed E-state index contributed by atoms with van der Waals surface area (Å²) in [5, 5.41) is 2.87. The minimum Gasteiger partial charge on any atom is -0.347 e. The molecule has 17 heavy (non-hydrogen) atoms. The molecule has 1 amide bonds. The Bertz CT molecular complexity index is 508. The molecule has 0 aromatic carbocycles. The highest BCUT2D eigenvalue weighted by molar-refractivity contribution is 7.14. The second-order valence-corrected chi connectivity index (χ2v) is 5.27. The molecule has 2 N–H and O–H groups in total. The molecular weight excluding hydrogens is 234 g/mol. The third-order valence-electron chi connectivity index (χ3n) is 2.94. The lowest BCUT2D eigenvalue weighted by Crippen LogP contribution is -2.22. The van der Waals surface area contributed by atoms with Gasteiger partial charge in [-0.05, 0) is 30.9 Å². The topological polar surface area (TPSA) is 57.8 Å². The van der Waals surface area contributed by atoms with E-state index in [0.717, 1.165) is 23.5 Å². The summed E-state index contributed by atoms with van der Waals surface area (Å²) in [4.78, 5) is 21.1. The molecule has 0 radical (unpaired) electrons. The van der Waals surface area contributed by atoms with Crippen molar-refractivity contribution in [1.82, 2.24) is 15.3 Å². The highest BCUT2D eigenvalue weighted by atomic mass is 32.1. The SMILES string of the molecule is O=C(NCc1ncc[nH]1)c1cc2c(s1)CCC2. The number of fused-ring (bicyclic) bond motifs is 1. The summed E-state index contributed by atoms with van der Waals surface area (Å²) in [5.41, 5.74) is 1.36. The fourth-order valence-electron chi connectivity index (χ4n) is 2.09. The Labute approximate surface area is 103 Å². The Hall–Kier alpha value is -1.62. The average molecular weight is 247 g/mol. The van der Waals surface area contributed by atoms with Crippen molar-refractivity contribution in [2.75, 3.05) is 0 Å². The fraction of sp³-hybridized carbons (Fsp3) is 0.333. The van der Waals surface area contributed by atoms with E-state index in [9.17, 15) is 4.79 Å². The minimum atomic E-state index is 0.000741. The molecule has 0 bridgehead atoms. The fourth-order valence-corrected chi connectivity index (χ4v) is 3.26. The summed E-state index contributed by atoms with van der Waals surface area (Å²) in [6, 6.07) is 2.03. The lowest BCUT2D eigenvalue weighted by atomic mass is 10.2. The Morgan fingerprint density at radius 2 is 2.47 bits per heavy atom. The number of carbonyl (C=O) groups is 1. The molecule has 2 aromatic heterocycles. The number of carbonyl (C=O) groups excluding carboxylic acids is 1. The first-order chi connectivity index (χ1) is 8.33. The number of aromatic amines is 1. The lowest BCUT2D eigenvalue weighted by molar-refractivity contribution is 0.0954. The molecular formula is C12H13N3OS. The van der Waals surface area contributed by atoms with Crippen molar-refractivity contribution < 1.29 is 4.79 Å². The summed E-state index contributed by atoms with van der Waals surface area (Å²) in [6.07, 6.45) is 6.92. The van der Waals surface area contributed by atoms with Gasteiger partial charge in [0.05, 0.1) is 11.4 Å². The van der Waals surface area contributed by atoms with E-state index in [4.69, 9.17) is 0 Å². The van der Waals surface area contributed by atoms with Crippen molar-refractivity contribution >= 4 is 17.2 Å². The molecule has 0 saturated carbocycles. The molecule has 88 valence electrons. The predicted octanol–water partition coefficient (Wildman–Crippen LogP) is 1.89. The number of aryl methyl sites for hydroxylation is 2. The van der Waals surface area contributed by atoms with Crippen LogP contribution in [0.3, 0.4) is 0 Å². The van der Waals surface area contributed by atoms with Gasteiger partial charge in [-0.3, -0.25) is 4.79 Å². The van der Waals surface area contributed by atoms with Crippen LogP contribution in [0.25, 0.3) is 0 Å². The van der Waals surface area contributed by atoms with Crippen LogP contribution >= 0.6 is 11.3 Å². The van der Waals surface area contributed by atoms with Crippen molar-refractivity contribution in [3.05, 3.63) is 39.6 Å². The first-order valence-corrected chi connectivity index (χ1v) is 6.52. The normalized spacial score (nSPS) is 13.6. The molecule has 0 unspecified atom stereocenters. The third-order valence-corrected chi connectivity index (χ3v) is 4.18. The Kier molecular flexibility index (Phi) is 2.68. The molecule has 1 aliphatic carbocycles. The molecule has 1 aliphatic rings. The van der Waals surface area contributed by atoms with Gasteiger partial charge in [-0.15, -0.1) is 11.3 Å². The minimum absolute atomic E-state index is 0.000741. The summed E-state index contributed by atoms with van der Waals surface area (Å²) in [5.74, 6) is 0.781. The largest absolute Gasteiger partial charge is 0.347 e. The van der Waals surface area contributed by atoms with Crippen LogP contribution in [0.2, 0.25) is 0 Å². The number of imidazole rings is 1. The maximum Gasteiger partial charge on any atom is 0.261 e. The van der Waals surface area contributed by atoms with E-state index in [0.29, 0.717) is 6.54 Å². The van der Waals surface area contributed by atoms with Crippen LogP contribution in [-0.2, 0) is 19.4 Å². The van der Waals surface area contributed by atoms with Crippen molar-refractivity contribution in [3.63, 3.8) is 0 Å². The van der Waals surface area contributed by atoms with Gasteiger partial charge < -0.3 is 10.3 Å². The molecule has 3 rings (SSSR count). The van der Waals surface area contributed by atoms with Crippen molar-refractivity contribution in [1.29, 1.82) is 0 Å². The van der Waals surface area contributed by atoms with Crippen LogP contribution in [0.1, 0.15) is 32.4 Å². The number of H-pyrrole nitrogens is 1. The van der Waals surface area contributed by atoms with Crippen LogP contribution in [0, 0.1) is 0 Å². The first kappa shape index (κ1) is 10.5. The number of aromatic nitrogens is 2. The number of amides is 1. The second-order valence-electron chi connectivity index (χ2n) is 4.13. The van der Waals surface area contributed by atoms with E-state index in [2.05, 4.69) is 15.3 Å². The maximum atomic E-state index is 11.9. The number of thiophene rings is 1. The lowest BCUT2D eigenvalue weighted by Gasteiger charge is -2.00. The monoisotopic (exact) mass is 247 g/mol. The zero-order valence-electron chi connectivity index (χ0n) is 9.32.